The lowest BCUT2D eigenvalue weighted by atomic mass is 10.1. The topological polar surface area (TPSA) is 129 Å². The highest BCUT2D eigenvalue weighted by molar-refractivity contribution is 7.17. The second-order valence-electron chi connectivity index (χ2n) is 8.78. The number of nitrogens with zero attached hydrogens (tertiary/aromatic N) is 1. The van der Waals surface area contributed by atoms with Gasteiger partial charge >= 0.3 is 18.2 Å². The average Bonchev–Trinajstić information content (AvgIpc) is 3.09. The van der Waals surface area contributed by atoms with Crippen LogP contribution in [0.2, 0.25) is 0 Å². The van der Waals surface area contributed by atoms with Crippen molar-refractivity contribution in [3.05, 3.63) is 41.3 Å². The van der Waals surface area contributed by atoms with Gasteiger partial charge in [-0.2, -0.15) is 0 Å². The first kappa shape index (κ1) is 24.9. The first-order chi connectivity index (χ1) is 14.7. The molecule has 0 spiro atoms. The Morgan fingerprint density at radius 3 is 2.09 bits per heavy atom. The van der Waals surface area contributed by atoms with Gasteiger partial charge in [0.2, 0.25) is 5.96 Å². The third kappa shape index (κ3) is 6.81. The molecule has 0 atom stereocenters. The number of anilines is 1. The zero-order chi connectivity index (χ0) is 24.3. The van der Waals surface area contributed by atoms with Crippen molar-refractivity contribution in [2.24, 2.45) is 0 Å². The molecule has 1 heterocycles. The van der Waals surface area contributed by atoms with Gasteiger partial charge < -0.3 is 14.6 Å². The van der Waals surface area contributed by atoms with Gasteiger partial charge in [0, 0.05) is 10.4 Å². The van der Waals surface area contributed by atoms with Crippen molar-refractivity contribution in [3.63, 3.8) is 0 Å². The molecule has 2 rings (SSSR count). The molecule has 0 bridgehead atoms. The number of guanidine groups is 1. The number of ether oxygens (including phenoxy) is 2. The number of nitrogens with one attached hydrogen (secondary N) is 2. The van der Waals surface area contributed by atoms with Gasteiger partial charge in [-0.3, -0.25) is 10.7 Å². The lowest BCUT2D eigenvalue weighted by Crippen LogP contribution is -2.49. The fourth-order valence-corrected chi connectivity index (χ4v) is 3.43. The van der Waals surface area contributed by atoms with Crippen molar-refractivity contribution in [1.29, 1.82) is 5.41 Å². The smallest absolute Gasteiger partial charge is 0.421 e. The predicted octanol–water partition coefficient (Wildman–Crippen LogP) is 5.31. The summed E-state index contributed by atoms with van der Waals surface area (Å²) in [6.45, 7) is 10.1. The van der Waals surface area contributed by atoms with Gasteiger partial charge in [0.15, 0.2) is 0 Å². The van der Waals surface area contributed by atoms with E-state index in [1.165, 1.54) is 6.07 Å². The summed E-state index contributed by atoms with van der Waals surface area (Å²) in [5.74, 6) is -1.64. The third-order valence-electron chi connectivity index (χ3n) is 3.65. The Balaban J connectivity index is 2.50. The van der Waals surface area contributed by atoms with Crippen LogP contribution in [0.1, 0.15) is 51.2 Å². The second kappa shape index (κ2) is 9.39. The Labute approximate surface area is 190 Å². The SMILES string of the molecule is CC(C)(C)OC(=O)NC(=N)N(C(=O)OC(C)(C)C)c1ccccc1-c1ccc(C(=O)O)s1. The highest BCUT2D eigenvalue weighted by Crippen LogP contribution is 2.36. The van der Waals surface area contributed by atoms with Gasteiger partial charge in [-0.15, -0.1) is 11.3 Å². The van der Waals surface area contributed by atoms with Crippen molar-refractivity contribution in [3.8, 4) is 10.4 Å². The van der Waals surface area contributed by atoms with Crippen molar-refractivity contribution in [2.45, 2.75) is 52.7 Å². The van der Waals surface area contributed by atoms with Gasteiger partial charge in [0.05, 0.1) is 5.69 Å². The number of carbonyl (C=O) groups excluding carboxylic acids is 2. The standard InChI is InChI=1S/C22H27N3O6S/c1-21(2,3)30-19(28)24-18(23)25(20(29)31-22(4,5)6)14-10-8-7-9-13(14)15-11-12-16(32-15)17(26)27/h7-12H,1-6H3,(H,26,27)(H2,23,24,28). The molecule has 10 heteroatoms. The molecular weight excluding hydrogens is 434 g/mol. The molecule has 0 aliphatic rings. The number of benzene rings is 1. The second-order valence-corrected chi connectivity index (χ2v) is 9.86. The van der Waals surface area contributed by atoms with E-state index >= 15 is 0 Å². The molecule has 0 aliphatic carbocycles. The molecule has 0 saturated heterocycles. The monoisotopic (exact) mass is 461 g/mol. The van der Waals surface area contributed by atoms with Crippen LogP contribution in [0.25, 0.3) is 10.4 Å². The molecule has 0 unspecified atom stereocenters. The minimum absolute atomic E-state index is 0.126. The van der Waals surface area contributed by atoms with Crippen molar-refractivity contribution < 1.29 is 29.0 Å². The first-order valence-electron chi connectivity index (χ1n) is 9.72. The maximum Gasteiger partial charge on any atom is 0.421 e. The van der Waals surface area contributed by atoms with E-state index < -0.39 is 35.3 Å². The molecule has 0 saturated carbocycles. The van der Waals surface area contributed by atoms with E-state index in [2.05, 4.69) is 5.32 Å². The van der Waals surface area contributed by atoms with E-state index in [0.717, 1.165) is 16.2 Å². The Kier molecular flexibility index (Phi) is 7.30. The summed E-state index contributed by atoms with van der Waals surface area (Å²) in [5, 5.41) is 19.9. The van der Waals surface area contributed by atoms with E-state index in [1.54, 1.807) is 71.9 Å². The van der Waals surface area contributed by atoms with E-state index in [4.69, 9.17) is 14.9 Å². The fourth-order valence-electron chi connectivity index (χ4n) is 2.55. The molecule has 2 amide bonds. The van der Waals surface area contributed by atoms with E-state index in [9.17, 15) is 19.5 Å². The lowest BCUT2D eigenvalue weighted by molar-refractivity contribution is 0.0557. The summed E-state index contributed by atoms with van der Waals surface area (Å²) in [7, 11) is 0. The lowest BCUT2D eigenvalue weighted by Gasteiger charge is -2.29. The van der Waals surface area contributed by atoms with Gasteiger partial charge in [0.1, 0.15) is 16.1 Å². The van der Waals surface area contributed by atoms with Crippen LogP contribution in [0.5, 0.6) is 0 Å². The first-order valence-corrected chi connectivity index (χ1v) is 10.5. The van der Waals surface area contributed by atoms with Crippen molar-refractivity contribution >= 4 is 41.1 Å². The van der Waals surface area contributed by atoms with Gasteiger partial charge in [-0.05, 0) is 59.7 Å². The highest BCUT2D eigenvalue weighted by atomic mass is 32.1. The molecule has 32 heavy (non-hydrogen) atoms. The minimum Gasteiger partial charge on any atom is -0.477 e. The molecule has 3 N–H and O–H groups in total. The maximum absolute atomic E-state index is 13.0. The van der Waals surface area contributed by atoms with Crippen LogP contribution in [0.15, 0.2) is 36.4 Å². The van der Waals surface area contributed by atoms with Gasteiger partial charge in [-0.25, -0.2) is 19.3 Å². The van der Waals surface area contributed by atoms with Crippen molar-refractivity contribution in [2.75, 3.05) is 4.90 Å². The Bertz CT molecular complexity index is 1030. The van der Waals surface area contributed by atoms with Crippen LogP contribution in [0.3, 0.4) is 0 Å². The van der Waals surface area contributed by atoms with Crippen LogP contribution >= 0.6 is 11.3 Å². The van der Waals surface area contributed by atoms with E-state index in [-0.39, 0.29) is 10.6 Å². The normalized spacial score (nSPS) is 11.4. The number of carboxylic acid groups (broad SMARTS) is 1. The van der Waals surface area contributed by atoms with Crippen LogP contribution in [-0.4, -0.2) is 40.4 Å². The van der Waals surface area contributed by atoms with Gasteiger partial charge in [0.25, 0.3) is 0 Å². The van der Waals surface area contributed by atoms with Crippen LogP contribution in [0, 0.1) is 5.41 Å². The highest BCUT2D eigenvalue weighted by Gasteiger charge is 2.31. The van der Waals surface area contributed by atoms with Crippen LogP contribution < -0.4 is 10.2 Å². The molecule has 2 aromatic rings. The summed E-state index contributed by atoms with van der Waals surface area (Å²) in [6, 6.07) is 9.71. The number of amides is 2. The minimum atomic E-state index is -1.07. The van der Waals surface area contributed by atoms with E-state index in [1.807, 2.05) is 0 Å². The quantitative estimate of drug-likeness (QED) is 0.419. The number of carbonyl (C=O) groups is 3. The van der Waals surface area contributed by atoms with Gasteiger partial charge in [-0.1, -0.05) is 18.2 Å². The number of rotatable bonds is 3. The number of carboxylic acids is 1. The Hall–Kier alpha value is -3.40. The summed E-state index contributed by atoms with van der Waals surface area (Å²) in [4.78, 5) is 38.2. The van der Waals surface area contributed by atoms with Crippen molar-refractivity contribution in [1.82, 2.24) is 5.32 Å². The maximum atomic E-state index is 13.0. The number of hydrogen-bond acceptors (Lipinski definition) is 7. The molecule has 172 valence electrons. The fraction of sp³-hybridized carbons (Fsp3) is 0.364. The number of aromatic carboxylic acids is 1. The predicted molar refractivity (Wildman–Crippen MR) is 123 cm³/mol. The third-order valence-corrected chi connectivity index (χ3v) is 4.75. The molecule has 9 nitrogen and oxygen atoms in total. The summed E-state index contributed by atoms with van der Waals surface area (Å²) in [6.07, 6.45) is -1.79. The number of thiophene rings is 1. The summed E-state index contributed by atoms with van der Waals surface area (Å²) < 4.78 is 10.6. The number of alkyl carbamates (subject to hydrolysis) is 1. The summed E-state index contributed by atoms with van der Waals surface area (Å²) in [5.41, 5.74) is -0.938. The van der Waals surface area contributed by atoms with Crippen LogP contribution in [-0.2, 0) is 9.47 Å². The zero-order valence-corrected chi connectivity index (χ0v) is 19.6. The number of para-hydroxylation sites is 1. The molecule has 0 radical (unpaired) electrons. The molecule has 0 fully saturated rings. The molecule has 0 aliphatic heterocycles. The zero-order valence-electron chi connectivity index (χ0n) is 18.8. The number of hydrogen-bond donors (Lipinski definition) is 3. The molecular formula is C22H27N3O6S. The van der Waals surface area contributed by atoms with E-state index in [0.29, 0.717) is 10.4 Å². The Morgan fingerprint density at radius 1 is 0.969 bits per heavy atom. The largest absolute Gasteiger partial charge is 0.477 e. The van der Waals surface area contributed by atoms with Crippen LogP contribution in [0.4, 0.5) is 15.3 Å². The Morgan fingerprint density at radius 2 is 1.56 bits per heavy atom. The molecule has 1 aromatic heterocycles. The molecule has 1 aromatic carbocycles. The summed E-state index contributed by atoms with van der Waals surface area (Å²) >= 11 is 1.02. The average molecular weight is 462 g/mol.